The third-order valence-corrected chi connectivity index (χ3v) is 4.17. The summed E-state index contributed by atoms with van der Waals surface area (Å²) in [6.45, 7) is 8.83. The first-order valence-electron chi connectivity index (χ1n) is 7.11. The number of amides is 1. The summed E-state index contributed by atoms with van der Waals surface area (Å²) in [7, 11) is 0. The molecule has 0 spiro atoms. The number of fused-ring (bicyclic) bond motifs is 4. The summed E-state index contributed by atoms with van der Waals surface area (Å²) in [5, 5.41) is 0. The minimum atomic E-state index is -0.279. The zero-order valence-electron chi connectivity index (χ0n) is 12.0. The summed E-state index contributed by atoms with van der Waals surface area (Å²) in [5.41, 5.74) is 2.46. The Morgan fingerprint density at radius 3 is 2.68 bits per heavy atom. The maximum atomic E-state index is 12.5. The Balaban J connectivity index is 1.88. The van der Waals surface area contributed by atoms with Gasteiger partial charge < -0.3 is 9.80 Å². The maximum absolute atomic E-state index is 12.5. The largest absolute Gasteiger partial charge is 0.367 e. The van der Waals surface area contributed by atoms with Gasteiger partial charge in [0, 0.05) is 30.7 Å². The van der Waals surface area contributed by atoms with Crippen LogP contribution in [0.4, 0.5) is 5.69 Å². The minimum absolute atomic E-state index is 0.279. The first-order chi connectivity index (χ1) is 8.97. The molecule has 1 aromatic carbocycles. The minimum Gasteiger partial charge on any atom is -0.367 e. The smallest absolute Gasteiger partial charge is 0.228 e. The van der Waals surface area contributed by atoms with Crippen LogP contribution in [0.1, 0.15) is 26.3 Å². The van der Waals surface area contributed by atoms with Crippen LogP contribution >= 0.6 is 0 Å². The number of nitrogens with zero attached hydrogens (tertiary/aromatic N) is 2. The van der Waals surface area contributed by atoms with Crippen LogP contribution in [0, 0.1) is 5.41 Å². The van der Waals surface area contributed by atoms with Crippen molar-refractivity contribution in [2.24, 2.45) is 5.41 Å². The molecule has 3 heteroatoms. The third-order valence-electron chi connectivity index (χ3n) is 4.17. The molecule has 0 radical (unpaired) electrons. The predicted molar refractivity (Wildman–Crippen MR) is 77.3 cm³/mol. The van der Waals surface area contributed by atoms with Crippen molar-refractivity contribution in [2.75, 3.05) is 24.5 Å². The number of carbonyl (C=O) groups is 1. The van der Waals surface area contributed by atoms with Crippen molar-refractivity contribution in [2.45, 2.75) is 33.2 Å². The molecule has 1 saturated heterocycles. The molecule has 1 unspecified atom stereocenters. The highest BCUT2D eigenvalue weighted by Crippen LogP contribution is 2.33. The lowest BCUT2D eigenvalue weighted by Gasteiger charge is -2.48. The van der Waals surface area contributed by atoms with Gasteiger partial charge in [-0.05, 0) is 18.1 Å². The van der Waals surface area contributed by atoms with Crippen molar-refractivity contribution in [3.63, 3.8) is 0 Å². The molecule has 2 bridgehead atoms. The fourth-order valence-electron chi connectivity index (χ4n) is 3.19. The van der Waals surface area contributed by atoms with E-state index in [4.69, 9.17) is 0 Å². The third kappa shape index (κ3) is 2.11. The summed E-state index contributed by atoms with van der Waals surface area (Å²) >= 11 is 0. The van der Waals surface area contributed by atoms with E-state index in [0.717, 1.165) is 26.1 Å². The molecular weight excluding hydrogens is 236 g/mol. The number of anilines is 1. The molecule has 2 heterocycles. The molecule has 1 atom stereocenters. The van der Waals surface area contributed by atoms with Crippen LogP contribution in [0.3, 0.4) is 0 Å². The van der Waals surface area contributed by atoms with Crippen LogP contribution in [-0.4, -0.2) is 36.5 Å². The monoisotopic (exact) mass is 258 g/mol. The Kier molecular flexibility index (Phi) is 2.80. The highest BCUT2D eigenvalue weighted by atomic mass is 16.2. The SMILES string of the molecule is CC(C)(C)C(=O)N1CCN2CC1Cc1ccccc12. The van der Waals surface area contributed by atoms with Crippen molar-refractivity contribution in [3.8, 4) is 0 Å². The molecule has 0 aliphatic carbocycles. The van der Waals surface area contributed by atoms with Gasteiger partial charge >= 0.3 is 0 Å². The molecule has 3 nitrogen and oxygen atoms in total. The van der Waals surface area contributed by atoms with E-state index >= 15 is 0 Å². The molecule has 2 aliphatic rings. The molecule has 0 N–H and O–H groups in total. The normalized spacial score (nSPS) is 22.2. The molecule has 1 aromatic rings. The summed E-state index contributed by atoms with van der Waals surface area (Å²) < 4.78 is 0. The van der Waals surface area contributed by atoms with Crippen molar-refractivity contribution in [1.82, 2.24) is 4.90 Å². The van der Waals surface area contributed by atoms with Crippen molar-refractivity contribution >= 4 is 11.6 Å². The summed E-state index contributed by atoms with van der Waals surface area (Å²) in [5.74, 6) is 0.288. The summed E-state index contributed by atoms with van der Waals surface area (Å²) in [6.07, 6.45) is 0.995. The average molecular weight is 258 g/mol. The van der Waals surface area contributed by atoms with Crippen LogP contribution in [0.25, 0.3) is 0 Å². The number of piperazine rings is 1. The zero-order valence-corrected chi connectivity index (χ0v) is 12.0. The molecule has 0 aromatic heterocycles. The number of benzene rings is 1. The van der Waals surface area contributed by atoms with Crippen LogP contribution in [0.15, 0.2) is 24.3 Å². The van der Waals surface area contributed by atoms with E-state index in [-0.39, 0.29) is 11.3 Å². The van der Waals surface area contributed by atoms with Crippen molar-refractivity contribution < 1.29 is 4.79 Å². The van der Waals surface area contributed by atoms with E-state index < -0.39 is 0 Å². The highest BCUT2D eigenvalue weighted by Gasteiger charge is 2.38. The molecule has 2 aliphatic heterocycles. The molecule has 3 rings (SSSR count). The first kappa shape index (κ1) is 12.5. The lowest BCUT2D eigenvalue weighted by atomic mass is 9.89. The molecule has 1 fully saturated rings. The van der Waals surface area contributed by atoms with Crippen molar-refractivity contribution in [1.29, 1.82) is 0 Å². The van der Waals surface area contributed by atoms with Crippen LogP contribution in [0.5, 0.6) is 0 Å². The van der Waals surface area contributed by atoms with E-state index in [1.807, 2.05) is 20.8 Å². The van der Waals surface area contributed by atoms with Gasteiger partial charge in [-0.2, -0.15) is 0 Å². The fraction of sp³-hybridized carbons (Fsp3) is 0.562. The second-order valence-electron chi connectivity index (χ2n) is 6.68. The molecule has 102 valence electrons. The quantitative estimate of drug-likeness (QED) is 0.713. The summed E-state index contributed by atoms with van der Waals surface area (Å²) in [4.78, 5) is 17.1. The van der Waals surface area contributed by atoms with Gasteiger partial charge in [0.1, 0.15) is 0 Å². The van der Waals surface area contributed by atoms with Crippen LogP contribution < -0.4 is 4.90 Å². The van der Waals surface area contributed by atoms with Gasteiger partial charge in [0.25, 0.3) is 0 Å². The van der Waals surface area contributed by atoms with Gasteiger partial charge in [0.2, 0.25) is 5.91 Å². The molecular formula is C16H22N2O. The van der Waals surface area contributed by atoms with E-state index in [0.29, 0.717) is 6.04 Å². The van der Waals surface area contributed by atoms with Crippen molar-refractivity contribution in [3.05, 3.63) is 29.8 Å². The number of carbonyl (C=O) groups excluding carboxylic acids is 1. The number of rotatable bonds is 0. The molecule has 0 saturated carbocycles. The number of para-hydroxylation sites is 1. The standard InChI is InChI=1S/C16H22N2O/c1-16(2,3)15(19)18-9-8-17-11-13(18)10-12-6-4-5-7-14(12)17/h4-7,13H,8-11H2,1-3H3. The van der Waals surface area contributed by atoms with Gasteiger partial charge in [-0.15, -0.1) is 0 Å². The van der Waals surface area contributed by atoms with Gasteiger partial charge in [0.05, 0.1) is 6.04 Å². The first-order valence-corrected chi connectivity index (χ1v) is 7.11. The number of hydrogen-bond acceptors (Lipinski definition) is 2. The van der Waals surface area contributed by atoms with E-state index in [2.05, 4.69) is 34.1 Å². The lowest BCUT2D eigenvalue weighted by molar-refractivity contribution is -0.142. The lowest BCUT2D eigenvalue weighted by Crippen LogP contribution is -2.60. The number of hydrogen-bond donors (Lipinski definition) is 0. The van der Waals surface area contributed by atoms with Gasteiger partial charge in [-0.3, -0.25) is 4.79 Å². The Morgan fingerprint density at radius 1 is 1.21 bits per heavy atom. The molecule has 19 heavy (non-hydrogen) atoms. The highest BCUT2D eigenvalue weighted by molar-refractivity contribution is 5.82. The second kappa shape index (κ2) is 4.26. The Hall–Kier alpha value is -1.51. The molecule has 1 amide bonds. The topological polar surface area (TPSA) is 23.6 Å². The second-order valence-corrected chi connectivity index (χ2v) is 6.68. The van der Waals surface area contributed by atoms with Crippen LogP contribution in [-0.2, 0) is 11.2 Å². The average Bonchev–Trinajstić information content (AvgIpc) is 2.37. The van der Waals surface area contributed by atoms with E-state index in [1.165, 1.54) is 11.3 Å². The zero-order chi connectivity index (χ0) is 13.6. The Bertz CT molecular complexity index is 504. The van der Waals surface area contributed by atoms with Gasteiger partial charge in [0.15, 0.2) is 0 Å². The fourth-order valence-corrected chi connectivity index (χ4v) is 3.19. The van der Waals surface area contributed by atoms with Gasteiger partial charge in [-0.1, -0.05) is 39.0 Å². The summed E-state index contributed by atoms with van der Waals surface area (Å²) in [6, 6.07) is 8.94. The Labute approximate surface area is 115 Å². The Morgan fingerprint density at radius 2 is 1.95 bits per heavy atom. The van der Waals surface area contributed by atoms with Crippen LogP contribution in [0.2, 0.25) is 0 Å². The predicted octanol–water partition coefficient (Wildman–Crippen LogP) is 2.31. The van der Waals surface area contributed by atoms with E-state index in [1.54, 1.807) is 0 Å². The van der Waals surface area contributed by atoms with Gasteiger partial charge in [-0.25, -0.2) is 0 Å². The van der Waals surface area contributed by atoms with E-state index in [9.17, 15) is 4.79 Å². The maximum Gasteiger partial charge on any atom is 0.228 e.